The fraction of sp³-hybridized carbons (Fsp3) is 0.0625. The van der Waals surface area contributed by atoms with E-state index in [4.69, 9.17) is 11.6 Å². The standard InChI is InChI=1S/C16H14ClN4O4PS/c1-7-12(17)15(21-16(26)19-7)20-9-3-4-10-8(5-9)6-11(27(23,24)25)13(18-2)14(10)22/h3-6,22H,2,26H2,1H3,(H,19,20,21)(H,23,24,25). The van der Waals surface area contributed by atoms with Crippen molar-refractivity contribution in [2.75, 3.05) is 5.32 Å². The maximum Gasteiger partial charge on any atom is 0.296 e. The van der Waals surface area contributed by atoms with Crippen molar-refractivity contribution in [2.45, 2.75) is 11.8 Å². The van der Waals surface area contributed by atoms with Gasteiger partial charge in [-0.3, -0.25) is 9.55 Å². The average Bonchev–Trinajstić information content (AvgIpc) is 2.58. The van der Waals surface area contributed by atoms with Gasteiger partial charge in [0.15, 0.2) is 5.82 Å². The van der Waals surface area contributed by atoms with E-state index in [1.165, 1.54) is 6.07 Å². The topological polar surface area (TPSA) is 125 Å². The summed E-state index contributed by atoms with van der Waals surface area (Å²) in [6.07, 6.45) is 0. The highest BCUT2D eigenvalue weighted by molar-refractivity contribution is 7.86. The highest BCUT2D eigenvalue weighted by Crippen LogP contribution is 2.41. The summed E-state index contributed by atoms with van der Waals surface area (Å²) >= 11 is 6.21. The zero-order chi connectivity index (χ0) is 19.9. The van der Waals surface area contributed by atoms with Crippen LogP contribution >= 0.6 is 20.8 Å². The third-order valence-corrected chi connectivity index (χ3v) is 5.36. The monoisotopic (exact) mass is 424 g/mol. The number of nitrogens with zero attached hydrogens (tertiary/aromatic N) is 3. The molecular formula is C16H14ClN4O4PS. The molecule has 0 saturated heterocycles. The Morgan fingerprint density at radius 1 is 1.30 bits per heavy atom. The van der Waals surface area contributed by atoms with Gasteiger partial charge in [-0.05, 0) is 43.3 Å². The molecule has 0 aliphatic carbocycles. The lowest BCUT2D eigenvalue weighted by atomic mass is 10.1. The van der Waals surface area contributed by atoms with Crippen molar-refractivity contribution in [3.63, 3.8) is 0 Å². The molecule has 1 atom stereocenters. The molecule has 1 heterocycles. The summed E-state index contributed by atoms with van der Waals surface area (Å²) in [6.45, 7) is 4.98. The van der Waals surface area contributed by atoms with Crippen molar-refractivity contribution in [1.82, 2.24) is 9.97 Å². The largest absolute Gasteiger partial charge is 0.505 e. The Labute approximate surface area is 162 Å². The smallest absolute Gasteiger partial charge is 0.296 e. The van der Waals surface area contributed by atoms with Crippen molar-refractivity contribution >= 4 is 71.2 Å². The Hall–Kier alpha value is -2.32. The first-order chi connectivity index (χ1) is 12.6. The average molecular weight is 425 g/mol. The fourth-order valence-corrected chi connectivity index (χ4v) is 3.72. The molecule has 140 valence electrons. The number of nitrogens with one attached hydrogen (secondary N) is 1. The third-order valence-electron chi connectivity index (χ3n) is 3.78. The Kier molecular flexibility index (Phi) is 5.05. The molecule has 2 aromatic carbocycles. The van der Waals surface area contributed by atoms with Crippen LogP contribution in [0.4, 0.5) is 17.2 Å². The second kappa shape index (κ2) is 7.01. The van der Waals surface area contributed by atoms with E-state index in [9.17, 15) is 18.1 Å². The lowest BCUT2D eigenvalue weighted by molar-refractivity contribution is 0.472. The Morgan fingerprint density at radius 3 is 2.63 bits per heavy atom. The van der Waals surface area contributed by atoms with Crippen molar-refractivity contribution in [1.29, 1.82) is 0 Å². The van der Waals surface area contributed by atoms with E-state index in [2.05, 4.69) is 36.2 Å². The SMILES string of the molecule is C=Nc1c(S(=O)(=O)O)cc2cc(Nc3nc(P)nc(C)c3Cl)ccc2c1O. The van der Waals surface area contributed by atoms with Crippen LogP contribution in [0.3, 0.4) is 0 Å². The molecule has 0 aliphatic rings. The van der Waals surface area contributed by atoms with Gasteiger partial charge in [0.1, 0.15) is 26.9 Å². The van der Waals surface area contributed by atoms with Crippen LogP contribution in [0.5, 0.6) is 5.75 Å². The molecule has 3 N–H and O–H groups in total. The van der Waals surface area contributed by atoms with Crippen LogP contribution in [0.15, 0.2) is 34.2 Å². The van der Waals surface area contributed by atoms with Gasteiger partial charge < -0.3 is 10.4 Å². The summed E-state index contributed by atoms with van der Waals surface area (Å²) < 4.78 is 32.6. The molecule has 0 amide bonds. The van der Waals surface area contributed by atoms with Crippen molar-refractivity contribution < 1.29 is 18.1 Å². The first kappa shape index (κ1) is 19.4. The van der Waals surface area contributed by atoms with E-state index in [0.717, 1.165) is 0 Å². The van der Waals surface area contributed by atoms with Crippen LogP contribution in [-0.4, -0.2) is 34.8 Å². The van der Waals surface area contributed by atoms with Crippen LogP contribution in [0, 0.1) is 6.92 Å². The van der Waals surface area contributed by atoms with E-state index in [-0.39, 0.29) is 5.69 Å². The van der Waals surface area contributed by atoms with Gasteiger partial charge in [0.2, 0.25) is 0 Å². The Bertz CT molecular complexity index is 1200. The van der Waals surface area contributed by atoms with E-state index in [1.54, 1.807) is 25.1 Å². The quantitative estimate of drug-likeness (QED) is 0.334. The molecule has 8 nitrogen and oxygen atoms in total. The second-order valence-corrected chi connectivity index (χ2v) is 7.88. The van der Waals surface area contributed by atoms with Crippen LogP contribution in [-0.2, 0) is 10.1 Å². The molecule has 0 aliphatic heterocycles. The summed E-state index contributed by atoms with van der Waals surface area (Å²) in [7, 11) is -2.23. The molecule has 1 aromatic heterocycles. The zero-order valence-electron chi connectivity index (χ0n) is 13.9. The van der Waals surface area contributed by atoms with Gasteiger partial charge in [-0.2, -0.15) is 8.42 Å². The summed E-state index contributed by atoms with van der Waals surface area (Å²) in [6, 6.07) is 6.00. The van der Waals surface area contributed by atoms with Crippen LogP contribution in [0.1, 0.15) is 5.69 Å². The molecule has 0 radical (unpaired) electrons. The number of aromatic hydroxyl groups is 1. The molecular weight excluding hydrogens is 411 g/mol. The highest BCUT2D eigenvalue weighted by Gasteiger charge is 2.21. The van der Waals surface area contributed by atoms with Crippen molar-refractivity contribution in [3.8, 4) is 5.75 Å². The highest BCUT2D eigenvalue weighted by atomic mass is 35.5. The number of fused-ring (bicyclic) bond motifs is 1. The first-order valence-electron chi connectivity index (χ1n) is 7.42. The van der Waals surface area contributed by atoms with Gasteiger partial charge in [-0.15, -0.1) is 0 Å². The number of aryl methyl sites for hydroxylation is 1. The molecule has 1 unspecified atom stereocenters. The van der Waals surface area contributed by atoms with Crippen LogP contribution in [0.2, 0.25) is 5.02 Å². The predicted octanol–water partition coefficient (Wildman–Crippen LogP) is 3.12. The number of halogens is 1. The van der Waals surface area contributed by atoms with Crippen molar-refractivity contribution in [2.24, 2.45) is 4.99 Å². The number of aromatic nitrogens is 2. The minimum absolute atomic E-state index is 0.312. The molecule has 0 bridgehead atoms. The van der Waals surface area contributed by atoms with E-state index in [1.807, 2.05) is 0 Å². The molecule has 3 aromatic rings. The number of phenols is 1. The van der Waals surface area contributed by atoms with Gasteiger partial charge >= 0.3 is 0 Å². The molecule has 11 heteroatoms. The third kappa shape index (κ3) is 3.72. The first-order valence-corrected chi connectivity index (χ1v) is 9.82. The lowest BCUT2D eigenvalue weighted by Crippen LogP contribution is -2.09. The summed E-state index contributed by atoms with van der Waals surface area (Å²) in [5.41, 5.74) is 1.26. The number of benzene rings is 2. The van der Waals surface area contributed by atoms with Gasteiger partial charge in [0, 0.05) is 11.1 Å². The molecule has 0 saturated carbocycles. The predicted molar refractivity (Wildman–Crippen MR) is 109 cm³/mol. The summed E-state index contributed by atoms with van der Waals surface area (Å²) in [5, 5.41) is 14.4. The van der Waals surface area contributed by atoms with Gasteiger partial charge in [-0.25, -0.2) is 9.97 Å². The second-order valence-electron chi connectivity index (χ2n) is 5.60. The fourth-order valence-electron chi connectivity index (χ4n) is 2.58. The number of phenolic OH excluding ortho intramolecular Hbond substituents is 1. The van der Waals surface area contributed by atoms with Crippen LogP contribution < -0.4 is 10.9 Å². The normalized spacial score (nSPS) is 11.6. The number of anilines is 2. The van der Waals surface area contributed by atoms with Crippen molar-refractivity contribution in [3.05, 3.63) is 35.0 Å². The minimum atomic E-state index is -4.61. The van der Waals surface area contributed by atoms with E-state index >= 15 is 0 Å². The van der Waals surface area contributed by atoms with E-state index in [0.29, 0.717) is 38.6 Å². The zero-order valence-corrected chi connectivity index (χ0v) is 16.7. The molecule has 0 fully saturated rings. The maximum absolute atomic E-state index is 11.6. The number of hydrogen-bond donors (Lipinski definition) is 3. The molecule has 3 rings (SSSR count). The number of aliphatic imine (C=N–C) groups is 1. The summed E-state index contributed by atoms with van der Waals surface area (Å²) in [4.78, 5) is 11.3. The Morgan fingerprint density at radius 2 is 2.00 bits per heavy atom. The van der Waals surface area contributed by atoms with Gasteiger partial charge in [0.05, 0.1) is 5.69 Å². The maximum atomic E-state index is 11.6. The van der Waals surface area contributed by atoms with E-state index < -0.39 is 20.8 Å². The van der Waals surface area contributed by atoms with Crippen LogP contribution in [0.25, 0.3) is 10.8 Å². The molecule has 0 spiro atoms. The van der Waals surface area contributed by atoms with Gasteiger partial charge in [0.25, 0.3) is 10.1 Å². The summed E-state index contributed by atoms with van der Waals surface area (Å²) in [5.74, 6) is -0.0260. The molecule has 27 heavy (non-hydrogen) atoms. The lowest BCUT2D eigenvalue weighted by Gasteiger charge is -2.12. The van der Waals surface area contributed by atoms with Gasteiger partial charge in [-0.1, -0.05) is 20.8 Å². The Balaban J connectivity index is 2.17. The minimum Gasteiger partial charge on any atom is -0.505 e. The number of hydrogen-bond acceptors (Lipinski definition) is 7. The number of rotatable bonds is 4.